The summed E-state index contributed by atoms with van der Waals surface area (Å²) in [6.45, 7) is 3.54. The molecular formula is C28H30F8N6O4. The normalized spacial score (nSPS) is 19.3. The van der Waals surface area contributed by atoms with E-state index in [9.17, 15) is 40.6 Å². The Morgan fingerprint density at radius 2 is 1.76 bits per heavy atom. The molecular weight excluding hydrogens is 636 g/mol. The number of aliphatic carboxylic acids is 1. The van der Waals surface area contributed by atoms with Crippen molar-refractivity contribution >= 4 is 28.4 Å². The number of hydrogen-bond donors (Lipinski definition) is 3. The Labute approximate surface area is 256 Å². The zero-order valence-corrected chi connectivity index (χ0v) is 25.1. The number of ether oxygens (including phenoxy) is 2. The number of rotatable bonds is 6. The fourth-order valence-corrected chi connectivity index (χ4v) is 5.21. The zero-order chi connectivity index (χ0) is 34.7. The van der Waals surface area contributed by atoms with E-state index in [1.54, 1.807) is 0 Å². The topological polar surface area (TPSA) is 150 Å². The molecule has 4 rings (SSSR count). The SMILES string of the molecule is Cc1c(F)c(N)cc(-c2nc3c4c(nc(OCC(C)(C)C(=O)O)nc4c2F)N(C)CC(C)C(CN)C(C(F)(F)F)O3)c1C(F)(F)F. The molecule has 3 aromatic rings. The number of nitrogens with zero attached hydrogens (tertiary/aromatic N) is 4. The Bertz CT molecular complexity index is 1680. The lowest BCUT2D eigenvalue weighted by atomic mass is 9.88. The summed E-state index contributed by atoms with van der Waals surface area (Å²) < 4.78 is 128. The van der Waals surface area contributed by atoms with Crippen LogP contribution in [-0.4, -0.2) is 65.1 Å². The number of hydrogen-bond acceptors (Lipinski definition) is 9. The Balaban J connectivity index is 2.15. The first-order valence-electron chi connectivity index (χ1n) is 13.7. The predicted molar refractivity (Wildman–Crippen MR) is 149 cm³/mol. The highest BCUT2D eigenvalue weighted by molar-refractivity contribution is 5.97. The van der Waals surface area contributed by atoms with Gasteiger partial charge in [-0.3, -0.25) is 4.79 Å². The fraction of sp³-hybridized carbons (Fsp3) is 0.500. The summed E-state index contributed by atoms with van der Waals surface area (Å²) in [4.78, 5) is 24.9. The molecule has 46 heavy (non-hydrogen) atoms. The van der Waals surface area contributed by atoms with Crippen molar-refractivity contribution in [3.05, 3.63) is 28.8 Å². The van der Waals surface area contributed by atoms with Crippen molar-refractivity contribution in [2.75, 3.05) is 37.4 Å². The number of pyridine rings is 1. The number of carboxylic acid groups (broad SMARTS) is 1. The smallest absolute Gasteiger partial charge is 0.425 e. The number of aromatic nitrogens is 3. The van der Waals surface area contributed by atoms with Gasteiger partial charge in [0.25, 0.3) is 0 Å². The van der Waals surface area contributed by atoms with Crippen LogP contribution in [0.3, 0.4) is 0 Å². The number of carboxylic acids is 1. The second kappa shape index (κ2) is 11.9. The first kappa shape index (κ1) is 34.6. The van der Waals surface area contributed by atoms with E-state index < -0.39 is 117 Å². The average Bonchev–Trinajstić information content (AvgIpc) is 2.97. The van der Waals surface area contributed by atoms with Gasteiger partial charge in [-0.15, -0.1) is 0 Å². The van der Waals surface area contributed by atoms with Gasteiger partial charge in [-0.2, -0.15) is 36.3 Å². The zero-order valence-electron chi connectivity index (χ0n) is 25.1. The Morgan fingerprint density at radius 1 is 1.13 bits per heavy atom. The van der Waals surface area contributed by atoms with Gasteiger partial charge in [-0.1, -0.05) is 6.92 Å². The quantitative estimate of drug-likeness (QED) is 0.233. The summed E-state index contributed by atoms with van der Waals surface area (Å²) in [6.07, 6.45) is -13.0. The molecule has 18 heteroatoms. The molecule has 2 aromatic heterocycles. The first-order chi connectivity index (χ1) is 21.1. The summed E-state index contributed by atoms with van der Waals surface area (Å²) >= 11 is 0. The van der Waals surface area contributed by atoms with Crippen LogP contribution in [0.1, 0.15) is 31.9 Å². The van der Waals surface area contributed by atoms with Crippen molar-refractivity contribution in [1.29, 1.82) is 0 Å². The third kappa shape index (κ3) is 6.26. The van der Waals surface area contributed by atoms with E-state index in [2.05, 4.69) is 15.0 Å². The Kier molecular flexibility index (Phi) is 8.93. The number of carbonyl (C=O) groups is 1. The fourth-order valence-electron chi connectivity index (χ4n) is 5.21. The van der Waals surface area contributed by atoms with Crippen molar-refractivity contribution in [3.63, 3.8) is 0 Å². The van der Waals surface area contributed by atoms with Crippen molar-refractivity contribution < 1.29 is 54.5 Å². The van der Waals surface area contributed by atoms with Crippen LogP contribution in [0.2, 0.25) is 0 Å². The molecule has 1 aliphatic heterocycles. The van der Waals surface area contributed by atoms with Crippen molar-refractivity contribution in [2.24, 2.45) is 23.0 Å². The van der Waals surface area contributed by atoms with Gasteiger partial charge >= 0.3 is 24.3 Å². The van der Waals surface area contributed by atoms with Gasteiger partial charge in [0, 0.05) is 25.1 Å². The molecule has 0 bridgehead atoms. The minimum absolute atomic E-state index is 0.154. The second-order valence-electron chi connectivity index (χ2n) is 11.8. The lowest BCUT2D eigenvalue weighted by Gasteiger charge is -2.32. The van der Waals surface area contributed by atoms with Crippen LogP contribution in [0.4, 0.5) is 46.6 Å². The van der Waals surface area contributed by atoms with Gasteiger partial charge in [0.1, 0.15) is 34.8 Å². The number of alkyl halides is 6. The maximum Gasteiger partial charge on any atom is 0.425 e. The van der Waals surface area contributed by atoms with Crippen molar-refractivity contribution in [2.45, 2.75) is 46.2 Å². The van der Waals surface area contributed by atoms with E-state index in [1.165, 1.54) is 32.7 Å². The summed E-state index contributed by atoms with van der Waals surface area (Å²) in [5.74, 6) is -7.85. The van der Waals surface area contributed by atoms with Gasteiger partial charge in [0.15, 0.2) is 11.9 Å². The van der Waals surface area contributed by atoms with Crippen LogP contribution >= 0.6 is 0 Å². The van der Waals surface area contributed by atoms with E-state index in [0.717, 1.165) is 6.92 Å². The number of nitrogen functional groups attached to an aromatic ring is 1. The predicted octanol–water partition coefficient (Wildman–Crippen LogP) is 5.34. The van der Waals surface area contributed by atoms with Gasteiger partial charge < -0.3 is 30.9 Å². The Morgan fingerprint density at radius 3 is 2.30 bits per heavy atom. The van der Waals surface area contributed by atoms with E-state index in [1.807, 2.05) is 0 Å². The van der Waals surface area contributed by atoms with Gasteiger partial charge in [0.2, 0.25) is 5.88 Å². The van der Waals surface area contributed by atoms with E-state index in [-0.39, 0.29) is 12.4 Å². The Hall–Kier alpha value is -4.22. The largest absolute Gasteiger partial charge is 0.481 e. The maximum atomic E-state index is 16.5. The molecule has 1 aliphatic rings. The monoisotopic (exact) mass is 666 g/mol. The maximum absolute atomic E-state index is 16.5. The van der Waals surface area contributed by atoms with Gasteiger partial charge in [0.05, 0.1) is 16.7 Å². The lowest BCUT2D eigenvalue weighted by Crippen LogP contribution is -2.48. The van der Waals surface area contributed by atoms with Crippen molar-refractivity contribution in [3.8, 4) is 23.1 Å². The molecule has 0 spiro atoms. The van der Waals surface area contributed by atoms with Gasteiger partial charge in [-0.25, -0.2) is 13.8 Å². The number of benzene rings is 1. The number of anilines is 2. The molecule has 0 fully saturated rings. The highest BCUT2D eigenvalue weighted by atomic mass is 19.4. The van der Waals surface area contributed by atoms with Crippen LogP contribution in [-0.2, 0) is 11.0 Å². The van der Waals surface area contributed by atoms with Crippen LogP contribution in [0, 0.1) is 35.8 Å². The molecule has 1 aromatic carbocycles. The summed E-state index contributed by atoms with van der Waals surface area (Å²) in [6, 6.07) is -0.191. The summed E-state index contributed by atoms with van der Waals surface area (Å²) in [5, 5.41) is 8.92. The van der Waals surface area contributed by atoms with Crippen molar-refractivity contribution in [1.82, 2.24) is 15.0 Å². The molecule has 3 unspecified atom stereocenters. The molecule has 0 saturated heterocycles. The van der Waals surface area contributed by atoms with Crippen LogP contribution in [0.15, 0.2) is 6.07 Å². The molecule has 0 aliphatic carbocycles. The minimum Gasteiger partial charge on any atom is -0.481 e. The van der Waals surface area contributed by atoms with Gasteiger partial charge in [-0.05, 0) is 44.9 Å². The highest BCUT2D eigenvalue weighted by Gasteiger charge is 2.50. The number of halogens is 8. The molecule has 10 nitrogen and oxygen atoms in total. The molecule has 3 heterocycles. The molecule has 0 amide bonds. The van der Waals surface area contributed by atoms with Crippen LogP contribution < -0.4 is 25.8 Å². The molecule has 252 valence electrons. The summed E-state index contributed by atoms with van der Waals surface area (Å²) in [7, 11) is 1.39. The summed E-state index contributed by atoms with van der Waals surface area (Å²) in [5.41, 5.74) is 3.12. The molecule has 3 atom stereocenters. The lowest BCUT2D eigenvalue weighted by molar-refractivity contribution is -0.213. The molecule has 0 saturated carbocycles. The van der Waals surface area contributed by atoms with E-state index in [0.29, 0.717) is 6.07 Å². The van der Waals surface area contributed by atoms with Crippen LogP contribution in [0.25, 0.3) is 22.2 Å². The van der Waals surface area contributed by atoms with Crippen LogP contribution in [0.5, 0.6) is 11.9 Å². The second-order valence-corrected chi connectivity index (χ2v) is 11.8. The molecule has 0 radical (unpaired) electrons. The third-order valence-electron chi connectivity index (χ3n) is 7.80. The van der Waals surface area contributed by atoms with E-state index in [4.69, 9.17) is 20.9 Å². The standard InChI is InChI=1S/C28H30F8N6O4/c1-10-8-42(5)22-15-20(40-25(41-22)45-9-26(3,4)24(43)44)18(30)19(39-23(15)46-21(13(10)7-37)28(34,35)36)12-6-14(38)17(29)11(2)16(12)27(31,32)33/h6,10,13,21H,7-9,37-38H2,1-5H3,(H,43,44). The number of nitrogens with two attached hydrogens (primary N) is 2. The first-order valence-corrected chi connectivity index (χ1v) is 13.7. The highest BCUT2D eigenvalue weighted by Crippen LogP contribution is 2.46. The average molecular weight is 667 g/mol. The minimum atomic E-state index is -5.30. The molecule has 5 N–H and O–H groups in total. The third-order valence-corrected chi connectivity index (χ3v) is 7.80. The van der Waals surface area contributed by atoms with E-state index >= 15 is 4.39 Å².